The first kappa shape index (κ1) is 18.1. The first-order valence-corrected chi connectivity index (χ1v) is 10.3. The largest absolute Gasteiger partial charge is 0.349 e. The number of pyridine rings is 1. The van der Waals surface area contributed by atoms with Gasteiger partial charge in [0.1, 0.15) is 0 Å². The van der Waals surface area contributed by atoms with Crippen LogP contribution in [0.1, 0.15) is 55.1 Å². The van der Waals surface area contributed by atoms with Crippen LogP contribution in [-0.2, 0) is 4.79 Å². The van der Waals surface area contributed by atoms with Crippen molar-refractivity contribution in [1.29, 1.82) is 0 Å². The summed E-state index contributed by atoms with van der Waals surface area (Å²) in [5, 5.41) is 3.17. The number of fused-ring (bicyclic) bond motifs is 1. The predicted octanol–water partition coefficient (Wildman–Crippen LogP) is 3.18. The molecule has 6 nitrogen and oxygen atoms in total. The molecule has 2 atom stereocenters. The Hall–Kier alpha value is -2.28. The van der Waals surface area contributed by atoms with Crippen molar-refractivity contribution in [3.63, 3.8) is 0 Å². The van der Waals surface area contributed by atoms with Gasteiger partial charge in [-0.2, -0.15) is 0 Å². The second kappa shape index (κ2) is 7.03. The van der Waals surface area contributed by atoms with Gasteiger partial charge in [0.05, 0.1) is 38.9 Å². The van der Waals surface area contributed by atoms with Crippen LogP contribution in [0.3, 0.4) is 0 Å². The summed E-state index contributed by atoms with van der Waals surface area (Å²) >= 11 is 1.55. The Kier molecular flexibility index (Phi) is 4.72. The summed E-state index contributed by atoms with van der Waals surface area (Å²) in [4.78, 5) is 37.0. The zero-order chi connectivity index (χ0) is 19.0. The SMILES string of the molecule is Cc1ncsc1-c1ccc(C(=O)N2CCC[C@]3(C)NC(=O)CCC[C@H]23)cn1. The van der Waals surface area contributed by atoms with E-state index in [1.165, 1.54) is 0 Å². The van der Waals surface area contributed by atoms with Crippen LogP contribution in [-0.4, -0.2) is 44.8 Å². The molecular weight excluding hydrogens is 360 g/mol. The van der Waals surface area contributed by atoms with Crippen LogP contribution in [0.4, 0.5) is 0 Å². The van der Waals surface area contributed by atoms with E-state index in [1.54, 1.807) is 23.0 Å². The number of hydrogen-bond acceptors (Lipinski definition) is 5. The van der Waals surface area contributed by atoms with Crippen LogP contribution in [0, 0.1) is 6.92 Å². The molecular formula is C20H24N4O2S. The Bertz CT molecular complexity index is 863. The number of amides is 2. The molecule has 142 valence electrons. The Morgan fingerprint density at radius 2 is 2.19 bits per heavy atom. The molecule has 2 aromatic heterocycles. The number of nitrogens with zero attached hydrogens (tertiary/aromatic N) is 3. The lowest BCUT2D eigenvalue weighted by Gasteiger charge is -2.47. The van der Waals surface area contributed by atoms with Crippen molar-refractivity contribution >= 4 is 23.2 Å². The molecule has 0 unspecified atom stereocenters. The van der Waals surface area contributed by atoms with E-state index in [0.717, 1.165) is 48.5 Å². The summed E-state index contributed by atoms with van der Waals surface area (Å²) in [6.07, 6.45) is 5.68. The number of nitrogens with one attached hydrogen (secondary N) is 1. The molecule has 0 radical (unpaired) electrons. The van der Waals surface area contributed by atoms with Crippen LogP contribution in [0.25, 0.3) is 10.6 Å². The van der Waals surface area contributed by atoms with E-state index in [0.29, 0.717) is 12.0 Å². The highest BCUT2D eigenvalue weighted by Crippen LogP contribution is 2.34. The zero-order valence-corrected chi connectivity index (χ0v) is 16.5. The number of carbonyl (C=O) groups excluding carboxylic acids is 2. The molecule has 7 heteroatoms. The smallest absolute Gasteiger partial charge is 0.255 e. The average Bonchev–Trinajstić information content (AvgIpc) is 3.01. The second-order valence-corrected chi connectivity index (χ2v) is 8.53. The zero-order valence-electron chi connectivity index (χ0n) is 15.7. The third-order valence-electron chi connectivity index (χ3n) is 5.76. The molecule has 2 amide bonds. The molecule has 2 aromatic rings. The minimum Gasteiger partial charge on any atom is -0.349 e. The number of likely N-dealkylation sites (tertiary alicyclic amines) is 1. The van der Waals surface area contributed by atoms with E-state index in [1.807, 2.05) is 24.0 Å². The van der Waals surface area contributed by atoms with Gasteiger partial charge in [-0.15, -0.1) is 11.3 Å². The molecule has 1 N–H and O–H groups in total. The van der Waals surface area contributed by atoms with Crippen molar-refractivity contribution in [3.05, 3.63) is 35.1 Å². The summed E-state index contributed by atoms with van der Waals surface area (Å²) in [5.41, 5.74) is 3.86. The van der Waals surface area contributed by atoms with E-state index in [-0.39, 0.29) is 23.4 Å². The van der Waals surface area contributed by atoms with Gasteiger partial charge in [0.2, 0.25) is 5.91 Å². The maximum atomic E-state index is 13.2. The van der Waals surface area contributed by atoms with Crippen molar-refractivity contribution in [1.82, 2.24) is 20.2 Å². The van der Waals surface area contributed by atoms with Gasteiger partial charge in [0.25, 0.3) is 5.91 Å². The lowest BCUT2D eigenvalue weighted by Crippen LogP contribution is -2.63. The molecule has 2 aliphatic rings. The van der Waals surface area contributed by atoms with Gasteiger partial charge in [0, 0.05) is 19.2 Å². The van der Waals surface area contributed by atoms with Crippen molar-refractivity contribution < 1.29 is 9.59 Å². The Morgan fingerprint density at radius 1 is 1.33 bits per heavy atom. The lowest BCUT2D eigenvalue weighted by molar-refractivity contribution is -0.123. The van der Waals surface area contributed by atoms with Crippen LogP contribution < -0.4 is 5.32 Å². The van der Waals surface area contributed by atoms with Crippen LogP contribution in [0.2, 0.25) is 0 Å². The summed E-state index contributed by atoms with van der Waals surface area (Å²) in [6.45, 7) is 4.76. The van der Waals surface area contributed by atoms with Gasteiger partial charge in [0.15, 0.2) is 0 Å². The van der Waals surface area contributed by atoms with Gasteiger partial charge in [-0.05, 0) is 51.7 Å². The summed E-state index contributed by atoms with van der Waals surface area (Å²) in [7, 11) is 0. The Labute approximate surface area is 163 Å². The molecule has 0 bridgehead atoms. The Morgan fingerprint density at radius 3 is 2.89 bits per heavy atom. The van der Waals surface area contributed by atoms with Crippen molar-refractivity contribution in [3.8, 4) is 10.6 Å². The molecule has 4 rings (SSSR count). The first-order valence-electron chi connectivity index (χ1n) is 9.46. The van der Waals surface area contributed by atoms with Crippen LogP contribution in [0.5, 0.6) is 0 Å². The number of aromatic nitrogens is 2. The fourth-order valence-corrected chi connectivity index (χ4v) is 5.13. The van der Waals surface area contributed by atoms with Gasteiger partial charge in [-0.25, -0.2) is 4.98 Å². The molecule has 0 aromatic carbocycles. The molecule has 2 fully saturated rings. The van der Waals surface area contributed by atoms with Crippen molar-refractivity contribution in [2.75, 3.05) is 6.54 Å². The molecule has 0 aliphatic carbocycles. The normalized spacial score (nSPS) is 25.5. The highest BCUT2D eigenvalue weighted by Gasteiger charge is 2.45. The van der Waals surface area contributed by atoms with Gasteiger partial charge in [-0.3, -0.25) is 14.6 Å². The molecule has 2 aliphatic heterocycles. The topological polar surface area (TPSA) is 75.2 Å². The number of carbonyl (C=O) groups is 2. The molecule has 0 saturated carbocycles. The predicted molar refractivity (Wildman–Crippen MR) is 105 cm³/mol. The Balaban J connectivity index is 1.58. The molecule has 2 saturated heterocycles. The fourth-order valence-electron chi connectivity index (χ4n) is 4.35. The molecule has 0 spiro atoms. The number of rotatable bonds is 2. The number of aryl methyl sites for hydroxylation is 1. The summed E-state index contributed by atoms with van der Waals surface area (Å²) < 4.78 is 0. The van der Waals surface area contributed by atoms with Crippen LogP contribution in [0.15, 0.2) is 23.8 Å². The van der Waals surface area contributed by atoms with E-state index in [2.05, 4.69) is 22.2 Å². The fraction of sp³-hybridized carbons (Fsp3) is 0.500. The number of piperidine rings is 1. The van der Waals surface area contributed by atoms with E-state index < -0.39 is 0 Å². The van der Waals surface area contributed by atoms with E-state index >= 15 is 0 Å². The standard InChI is InChI=1S/C20H24N4O2S/c1-13-18(27-12-22-13)15-8-7-14(11-21-15)19(26)24-10-4-9-20(2)16(24)5-3-6-17(25)23-20/h7-8,11-12,16H,3-6,9-10H2,1-2H3,(H,23,25)/t16-,20-/m0/s1. The summed E-state index contributed by atoms with van der Waals surface area (Å²) in [6, 6.07) is 3.78. The maximum absolute atomic E-state index is 13.2. The third-order valence-corrected chi connectivity index (χ3v) is 6.71. The highest BCUT2D eigenvalue weighted by molar-refractivity contribution is 7.13. The van der Waals surface area contributed by atoms with Gasteiger partial charge < -0.3 is 10.2 Å². The molecule has 27 heavy (non-hydrogen) atoms. The van der Waals surface area contributed by atoms with E-state index in [9.17, 15) is 9.59 Å². The number of hydrogen-bond donors (Lipinski definition) is 1. The average molecular weight is 385 g/mol. The summed E-state index contributed by atoms with van der Waals surface area (Å²) in [5.74, 6) is 0.0994. The number of thiazole rings is 1. The van der Waals surface area contributed by atoms with E-state index in [4.69, 9.17) is 0 Å². The minimum atomic E-state index is -0.339. The maximum Gasteiger partial charge on any atom is 0.255 e. The third kappa shape index (κ3) is 3.36. The monoisotopic (exact) mass is 384 g/mol. The quantitative estimate of drug-likeness (QED) is 0.863. The van der Waals surface area contributed by atoms with Crippen LogP contribution >= 0.6 is 11.3 Å². The molecule has 4 heterocycles. The van der Waals surface area contributed by atoms with Gasteiger partial charge >= 0.3 is 0 Å². The first-order chi connectivity index (χ1) is 13.0. The second-order valence-electron chi connectivity index (χ2n) is 7.67. The van der Waals surface area contributed by atoms with Crippen molar-refractivity contribution in [2.24, 2.45) is 0 Å². The van der Waals surface area contributed by atoms with Gasteiger partial charge in [-0.1, -0.05) is 0 Å². The highest BCUT2D eigenvalue weighted by atomic mass is 32.1. The van der Waals surface area contributed by atoms with Crippen molar-refractivity contribution in [2.45, 2.75) is 57.5 Å². The minimum absolute atomic E-state index is 0.00199. The lowest BCUT2D eigenvalue weighted by atomic mass is 9.81.